The van der Waals surface area contributed by atoms with Crippen molar-refractivity contribution in [3.05, 3.63) is 35.4 Å². The monoisotopic (exact) mass is 262 g/mol. The molecule has 0 fully saturated rings. The van der Waals surface area contributed by atoms with Crippen molar-refractivity contribution in [3.8, 4) is 6.07 Å². The fourth-order valence-corrected chi connectivity index (χ4v) is 1.69. The van der Waals surface area contributed by atoms with E-state index in [9.17, 15) is 4.79 Å². The Labute approximate surface area is 113 Å². The van der Waals surface area contributed by atoms with Crippen LogP contribution in [0.25, 0.3) is 0 Å². The van der Waals surface area contributed by atoms with Crippen molar-refractivity contribution >= 4 is 5.97 Å². The first kappa shape index (κ1) is 15.2. The molecule has 0 bridgehead atoms. The SMILES string of the molecule is COCCN(CCC(=O)O)Cc1ccc(C#N)cc1. The Morgan fingerprint density at radius 2 is 2.05 bits per heavy atom. The molecule has 5 nitrogen and oxygen atoms in total. The quantitative estimate of drug-likeness (QED) is 0.768. The average Bonchev–Trinajstić information content (AvgIpc) is 2.42. The lowest BCUT2D eigenvalue weighted by molar-refractivity contribution is -0.137. The standard InChI is InChI=1S/C14H18N2O3/c1-19-9-8-16(7-6-14(17)18)11-13-4-2-12(10-15)3-5-13/h2-5H,6-9,11H2,1H3,(H,17,18). The minimum Gasteiger partial charge on any atom is -0.481 e. The molecule has 0 heterocycles. The van der Waals surface area contributed by atoms with Crippen LogP contribution < -0.4 is 0 Å². The second-order valence-electron chi connectivity index (χ2n) is 4.22. The first-order valence-electron chi connectivity index (χ1n) is 6.08. The van der Waals surface area contributed by atoms with Gasteiger partial charge in [-0.25, -0.2) is 0 Å². The molecule has 0 atom stereocenters. The van der Waals surface area contributed by atoms with Crippen molar-refractivity contribution in [2.75, 3.05) is 26.8 Å². The van der Waals surface area contributed by atoms with Crippen LogP contribution in [0.2, 0.25) is 0 Å². The number of nitriles is 1. The summed E-state index contributed by atoms with van der Waals surface area (Å²) in [6.45, 7) is 2.39. The molecule has 0 radical (unpaired) electrons. The van der Waals surface area contributed by atoms with Gasteiger partial charge in [0.05, 0.1) is 24.7 Å². The van der Waals surface area contributed by atoms with E-state index in [4.69, 9.17) is 15.1 Å². The molecule has 5 heteroatoms. The highest BCUT2D eigenvalue weighted by Gasteiger charge is 2.08. The van der Waals surface area contributed by atoms with E-state index in [1.54, 1.807) is 19.2 Å². The highest BCUT2D eigenvalue weighted by Crippen LogP contribution is 2.07. The zero-order valence-corrected chi connectivity index (χ0v) is 11.0. The molecule has 0 aromatic heterocycles. The van der Waals surface area contributed by atoms with Crippen LogP contribution in [0.5, 0.6) is 0 Å². The summed E-state index contributed by atoms with van der Waals surface area (Å²) >= 11 is 0. The lowest BCUT2D eigenvalue weighted by Crippen LogP contribution is -2.29. The highest BCUT2D eigenvalue weighted by atomic mass is 16.5. The van der Waals surface area contributed by atoms with Crippen molar-refractivity contribution in [3.63, 3.8) is 0 Å². The van der Waals surface area contributed by atoms with Crippen LogP contribution in [0.1, 0.15) is 17.5 Å². The van der Waals surface area contributed by atoms with E-state index in [1.807, 2.05) is 17.0 Å². The number of benzene rings is 1. The molecule has 102 valence electrons. The second-order valence-corrected chi connectivity index (χ2v) is 4.22. The molecule has 0 amide bonds. The van der Waals surface area contributed by atoms with Crippen molar-refractivity contribution in [1.29, 1.82) is 5.26 Å². The number of aliphatic carboxylic acids is 1. The number of rotatable bonds is 8. The van der Waals surface area contributed by atoms with Gasteiger partial charge in [-0.15, -0.1) is 0 Å². The van der Waals surface area contributed by atoms with Crippen LogP contribution in [0.15, 0.2) is 24.3 Å². The van der Waals surface area contributed by atoms with Gasteiger partial charge in [-0.2, -0.15) is 5.26 Å². The molecule has 1 aromatic rings. The van der Waals surface area contributed by atoms with Crippen molar-refractivity contribution in [1.82, 2.24) is 4.90 Å². The number of ether oxygens (including phenoxy) is 1. The largest absolute Gasteiger partial charge is 0.481 e. The van der Waals surface area contributed by atoms with Gasteiger partial charge < -0.3 is 9.84 Å². The number of hydrogen-bond donors (Lipinski definition) is 1. The molecule has 1 aromatic carbocycles. The fourth-order valence-electron chi connectivity index (χ4n) is 1.69. The fraction of sp³-hybridized carbons (Fsp3) is 0.429. The summed E-state index contributed by atoms with van der Waals surface area (Å²) in [5.41, 5.74) is 1.68. The number of nitrogens with zero attached hydrogens (tertiary/aromatic N) is 2. The first-order chi connectivity index (χ1) is 9.15. The summed E-state index contributed by atoms with van der Waals surface area (Å²) in [7, 11) is 1.62. The van der Waals surface area contributed by atoms with Crippen LogP contribution >= 0.6 is 0 Å². The number of hydrogen-bond acceptors (Lipinski definition) is 4. The average molecular weight is 262 g/mol. The predicted octanol–water partition coefficient (Wildman–Crippen LogP) is 1.48. The smallest absolute Gasteiger partial charge is 0.304 e. The highest BCUT2D eigenvalue weighted by molar-refractivity contribution is 5.66. The summed E-state index contributed by atoms with van der Waals surface area (Å²) in [4.78, 5) is 12.6. The van der Waals surface area contributed by atoms with Crippen LogP contribution in [-0.4, -0.2) is 42.8 Å². The predicted molar refractivity (Wildman–Crippen MR) is 70.6 cm³/mol. The molecule has 1 rings (SSSR count). The van der Waals surface area contributed by atoms with E-state index in [2.05, 4.69) is 6.07 Å². The van der Waals surface area contributed by atoms with Crippen molar-refractivity contribution in [2.24, 2.45) is 0 Å². The van der Waals surface area contributed by atoms with Gasteiger partial charge in [0.15, 0.2) is 0 Å². The molecule has 0 aliphatic rings. The molecular formula is C14H18N2O3. The topological polar surface area (TPSA) is 73.6 Å². The normalized spacial score (nSPS) is 10.4. The molecule has 19 heavy (non-hydrogen) atoms. The van der Waals surface area contributed by atoms with E-state index < -0.39 is 5.97 Å². The molecule has 1 N–H and O–H groups in total. The third-order valence-electron chi connectivity index (χ3n) is 2.74. The lowest BCUT2D eigenvalue weighted by Gasteiger charge is -2.21. The lowest BCUT2D eigenvalue weighted by atomic mass is 10.1. The summed E-state index contributed by atoms with van der Waals surface area (Å²) < 4.78 is 5.02. The van der Waals surface area contributed by atoms with Gasteiger partial charge in [0, 0.05) is 26.7 Å². The molecule has 0 saturated carbocycles. The summed E-state index contributed by atoms with van der Waals surface area (Å²) in [6.07, 6.45) is 0.111. The zero-order chi connectivity index (χ0) is 14.1. The molecule has 0 aliphatic heterocycles. The van der Waals surface area contributed by atoms with Gasteiger partial charge in [0.1, 0.15) is 0 Å². The summed E-state index contributed by atoms with van der Waals surface area (Å²) in [6, 6.07) is 9.38. The van der Waals surface area contributed by atoms with Gasteiger partial charge in [-0.3, -0.25) is 9.69 Å². The maximum absolute atomic E-state index is 10.6. The number of carboxylic acids is 1. The van der Waals surface area contributed by atoms with Gasteiger partial charge in [-0.1, -0.05) is 12.1 Å². The van der Waals surface area contributed by atoms with Crippen LogP contribution in [0, 0.1) is 11.3 Å². The first-order valence-corrected chi connectivity index (χ1v) is 6.08. The van der Waals surface area contributed by atoms with Crippen LogP contribution in [-0.2, 0) is 16.1 Å². The van der Waals surface area contributed by atoms with Crippen LogP contribution in [0.4, 0.5) is 0 Å². The Morgan fingerprint density at radius 1 is 1.37 bits per heavy atom. The Bertz CT molecular complexity index is 437. The van der Waals surface area contributed by atoms with Crippen LogP contribution in [0.3, 0.4) is 0 Å². The van der Waals surface area contributed by atoms with Gasteiger partial charge >= 0.3 is 5.97 Å². The van der Waals surface area contributed by atoms with Gasteiger partial charge in [0.2, 0.25) is 0 Å². The minimum absolute atomic E-state index is 0.111. The Hall–Kier alpha value is -1.90. The molecule has 0 spiro atoms. The van der Waals surface area contributed by atoms with Gasteiger partial charge in [-0.05, 0) is 17.7 Å². The number of methoxy groups -OCH3 is 1. The molecule has 0 aliphatic carbocycles. The zero-order valence-electron chi connectivity index (χ0n) is 11.0. The summed E-state index contributed by atoms with van der Waals surface area (Å²) in [5, 5.41) is 17.5. The summed E-state index contributed by atoms with van der Waals surface area (Å²) in [5.74, 6) is -0.803. The minimum atomic E-state index is -0.803. The Kier molecular flexibility index (Phi) is 6.58. The van der Waals surface area contributed by atoms with E-state index in [0.717, 1.165) is 5.56 Å². The van der Waals surface area contributed by atoms with E-state index >= 15 is 0 Å². The molecular weight excluding hydrogens is 244 g/mol. The van der Waals surface area contributed by atoms with E-state index in [1.165, 1.54) is 0 Å². The third-order valence-corrected chi connectivity index (χ3v) is 2.74. The Balaban J connectivity index is 2.58. The van der Waals surface area contributed by atoms with E-state index in [-0.39, 0.29) is 6.42 Å². The maximum atomic E-state index is 10.6. The van der Waals surface area contributed by atoms with E-state index in [0.29, 0.717) is 31.8 Å². The Morgan fingerprint density at radius 3 is 2.58 bits per heavy atom. The molecule has 0 unspecified atom stereocenters. The maximum Gasteiger partial charge on any atom is 0.304 e. The number of carboxylic acid groups (broad SMARTS) is 1. The third kappa shape index (κ3) is 6.00. The molecule has 0 saturated heterocycles. The van der Waals surface area contributed by atoms with Gasteiger partial charge in [0.25, 0.3) is 0 Å². The second kappa shape index (κ2) is 8.25. The van der Waals surface area contributed by atoms with Crippen molar-refractivity contribution in [2.45, 2.75) is 13.0 Å². The van der Waals surface area contributed by atoms with Crippen molar-refractivity contribution < 1.29 is 14.6 Å². The number of carbonyl (C=O) groups is 1.